The Kier molecular flexibility index (Phi) is 3.41. The quantitative estimate of drug-likeness (QED) is 0.627. The highest BCUT2D eigenvalue weighted by molar-refractivity contribution is 6.31. The number of hydrogen-bond donors (Lipinski definition) is 0. The molecule has 2 heterocycles. The Morgan fingerprint density at radius 2 is 1.91 bits per heavy atom. The molecule has 1 fully saturated rings. The average Bonchev–Trinajstić information content (AvgIpc) is 3.38. The molecule has 1 unspecified atom stereocenters. The minimum absolute atomic E-state index is 0.286. The first kappa shape index (κ1) is 13.5. The molecule has 1 atom stereocenters. The van der Waals surface area contributed by atoms with Gasteiger partial charge in [-0.2, -0.15) is 0 Å². The van der Waals surface area contributed by atoms with Crippen molar-refractivity contribution in [2.75, 3.05) is 6.61 Å². The molecule has 0 amide bonds. The number of fused-ring (bicyclic) bond motifs is 1. The highest BCUT2D eigenvalue weighted by Crippen LogP contribution is 2.30. The van der Waals surface area contributed by atoms with Gasteiger partial charge in [-0.3, -0.25) is 0 Å². The molecule has 0 aliphatic carbocycles. The fourth-order valence-corrected chi connectivity index (χ4v) is 2.65. The van der Waals surface area contributed by atoms with Crippen LogP contribution in [0.15, 0.2) is 54.6 Å². The van der Waals surface area contributed by atoms with E-state index in [2.05, 4.69) is 41.4 Å². The first-order valence-electron chi connectivity index (χ1n) is 7.24. The maximum Gasteiger partial charge on any atom is 0.106 e. The Morgan fingerprint density at radius 3 is 2.77 bits per heavy atom. The van der Waals surface area contributed by atoms with Crippen molar-refractivity contribution >= 4 is 34.7 Å². The molecule has 1 saturated heterocycles. The number of rotatable bonds is 3. The highest BCUT2D eigenvalue weighted by atomic mass is 35.5. The third-order valence-electron chi connectivity index (χ3n) is 3.74. The highest BCUT2D eigenvalue weighted by Gasteiger charge is 2.24. The molecule has 1 aliphatic heterocycles. The van der Waals surface area contributed by atoms with Crippen molar-refractivity contribution in [3.63, 3.8) is 0 Å². The Labute approximate surface area is 134 Å². The van der Waals surface area contributed by atoms with Crippen molar-refractivity contribution < 1.29 is 4.74 Å². The molecular formula is C19H14ClNO. The van der Waals surface area contributed by atoms with E-state index in [0.29, 0.717) is 5.02 Å². The number of nitrogens with zero attached hydrogens (tertiary/aromatic N) is 1. The Bertz CT molecular complexity index is 868. The maximum atomic E-state index is 6.03. The number of epoxide rings is 1. The molecule has 0 saturated carbocycles. The van der Waals surface area contributed by atoms with Crippen LogP contribution in [-0.4, -0.2) is 11.6 Å². The molecule has 0 N–H and O–H groups in total. The molecule has 3 aromatic rings. The fourth-order valence-electron chi connectivity index (χ4n) is 2.48. The van der Waals surface area contributed by atoms with E-state index in [1.54, 1.807) is 0 Å². The molecule has 1 aliphatic rings. The normalized spacial score (nSPS) is 17.2. The minimum Gasteiger partial charge on any atom is -0.368 e. The van der Waals surface area contributed by atoms with Gasteiger partial charge in [0.15, 0.2) is 0 Å². The van der Waals surface area contributed by atoms with Crippen LogP contribution in [-0.2, 0) is 4.74 Å². The number of benzene rings is 2. The van der Waals surface area contributed by atoms with Crippen LogP contribution in [0.2, 0.25) is 5.02 Å². The number of halogens is 1. The van der Waals surface area contributed by atoms with E-state index in [4.69, 9.17) is 16.3 Å². The summed E-state index contributed by atoms with van der Waals surface area (Å²) in [5.41, 5.74) is 4.22. The van der Waals surface area contributed by atoms with Crippen LogP contribution in [0.5, 0.6) is 0 Å². The van der Waals surface area contributed by atoms with Gasteiger partial charge in [-0.25, -0.2) is 4.98 Å². The summed E-state index contributed by atoms with van der Waals surface area (Å²) in [5.74, 6) is 0. The average molecular weight is 308 g/mol. The Morgan fingerprint density at radius 1 is 1.05 bits per heavy atom. The third kappa shape index (κ3) is 2.89. The summed E-state index contributed by atoms with van der Waals surface area (Å²) >= 11 is 6.03. The molecular weight excluding hydrogens is 294 g/mol. The van der Waals surface area contributed by atoms with Crippen LogP contribution in [0, 0.1) is 0 Å². The minimum atomic E-state index is 0.286. The summed E-state index contributed by atoms with van der Waals surface area (Å²) in [6.07, 6.45) is 4.38. The SMILES string of the molecule is Clc1ccc2ccc(C=Cc3cccc(C4CO4)c3)nc2c1. The number of pyridine rings is 1. The molecule has 108 valence electrons. The van der Waals surface area contributed by atoms with Crippen molar-refractivity contribution in [2.45, 2.75) is 6.10 Å². The summed E-state index contributed by atoms with van der Waals surface area (Å²) < 4.78 is 5.32. The summed E-state index contributed by atoms with van der Waals surface area (Å²) in [4.78, 5) is 4.63. The first-order chi connectivity index (χ1) is 10.8. The van der Waals surface area contributed by atoms with Gasteiger partial charge >= 0.3 is 0 Å². The van der Waals surface area contributed by atoms with Gasteiger partial charge in [0, 0.05) is 10.4 Å². The zero-order valence-electron chi connectivity index (χ0n) is 11.9. The van der Waals surface area contributed by atoms with Crippen LogP contribution in [0.25, 0.3) is 23.1 Å². The standard InChI is InChI=1S/C19H14ClNO/c20-16-7-5-14-6-9-17(21-18(14)11-16)8-4-13-2-1-3-15(10-13)19-12-22-19/h1-11,19H,12H2. The smallest absolute Gasteiger partial charge is 0.106 e. The van der Waals surface area contributed by atoms with Gasteiger partial charge in [0.25, 0.3) is 0 Å². The van der Waals surface area contributed by atoms with Crippen LogP contribution >= 0.6 is 11.6 Å². The molecule has 2 nitrogen and oxygen atoms in total. The molecule has 22 heavy (non-hydrogen) atoms. The summed E-state index contributed by atoms with van der Waals surface area (Å²) in [5, 5.41) is 1.80. The van der Waals surface area contributed by atoms with Gasteiger partial charge in [-0.05, 0) is 41.5 Å². The van der Waals surface area contributed by atoms with Crippen molar-refractivity contribution in [2.24, 2.45) is 0 Å². The molecule has 0 radical (unpaired) electrons. The number of ether oxygens (including phenoxy) is 1. The van der Waals surface area contributed by atoms with E-state index >= 15 is 0 Å². The van der Waals surface area contributed by atoms with Gasteiger partial charge < -0.3 is 4.74 Å². The largest absolute Gasteiger partial charge is 0.368 e. The predicted octanol–water partition coefficient (Wildman–Crippen LogP) is 5.13. The zero-order valence-corrected chi connectivity index (χ0v) is 12.6. The van der Waals surface area contributed by atoms with Crippen LogP contribution in [0.3, 0.4) is 0 Å². The molecule has 2 aromatic carbocycles. The van der Waals surface area contributed by atoms with Gasteiger partial charge in [0.1, 0.15) is 6.10 Å². The van der Waals surface area contributed by atoms with E-state index < -0.39 is 0 Å². The molecule has 0 spiro atoms. The van der Waals surface area contributed by atoms with Gasteiger partial charge in [0.2, 0.25) is 0 Å². The molecule has 4 rings (SSSR count). The van der Waals surface area contributed by atoms with Gasteiger partial charge in [-0.15, -0.1) is 0 Å². The summed E-state index contributed by atoms with van der Waals surface area (Å²) in [6.45, 7) is 0.833. The zero-order chi connectivity index (χ0) is 14.9. The van der Waals surface area contributed by atoms with E-state index in [0.717, 1.165) is 28.8 Å². The van der Waals surface area contributed by atoms with Crippen molar-refractivity contribution in [1.29, 1.82) is 0 Å². The second kappa shape index (κ2) is 5.56. The van der Waals surface area contributed by atoms with Crippen LogP contribution in [0.4, 0.5) is 0 Å². The van der Waals surface area contributed by atoms with E-state index in [-0.39, 0.29) is 6.10 Å². The van der Waals surface area contributed by atoms with Crippen LogP contribution < -0.4 is 0 Å². The fraction of sp³-hybridized carbons (Fsp3) is 0.105. The van der Waals surface area contributed by atoms with E-state index in [1.165, 1.54) is 5.56 Å². The molecule has 3 heteroatoms. The monoisotopic (exact) mass is 307 g/mol. The van der Waals surface area contributed by atoms with Crippen LogP contribution in [0.1, 0.15) is 22.9 Å². The van der Waals surface area contributed by atoms with E-state index in [1.807, 2.05) is 30.3 Å². The van der Waals surface area contributed by atoms with Gasteiger partial charge in [0.05, 0.1) is 17.8 Å². The lowest BCUT2D eigenvalue weighted by Crippen LogP contribution is -1.84. The first-order valence-corrected chi connectivity index (χ1v) is 7.62. The lowest BCUT2D eigenvalue weighted by molar-refractivity contribution is 0.415. The predicted molar refractivity (Wildman–Crippen MR) is 90.8 cm³/mol. The lowest BCUT2D eigenvalue weighted by Gasteiger charge is -2.01. The maximum absolute atomic E-state index is 6.03. The summed E-state index contributed by atoms with van der Waals surface area (Å²) in [7, 11) is 0. The lowest BCUT2D eigenvalue weighted by atomic mass is 10.1. The molecule has 0 bridgehead atoms. The van der Waals surface area contributed by atoms with Gasteiger partial charge in [-0.1, -0.05) is 48.0 Å². The van der Waals surface area contributed by atoms with Crippen molar-refractivity contribution in [3.05, 3.63) is 76.4 Å². The number of aromatic nitrogens is 1. The Balaban J connectivity index is 1.63. The van der Waals surface area contributed by atoms with E-state index in [9.17, 15) is 0 Å². The Hall–Kier alpha value is -2.16. The van der Waals surface area contributed by atoms with Crippen molar-refractivity contribution in [1.82, 2.24) is 4.98 Å². The summed E-state index contributed by atoms with van der Waals surface area (Å²) in [6, 6.07) is 18.2. The molecule has 1 aromatic heterocycles. The second-order valence-corrected chi connectivity index (χ2v) is 5.84. The third-order valence-corrected chi connectivity index (χ3v) is 3.97. The topological polar surface area (TPSA) is 25.4 Å². The second-order valence-electron chi connectivity index (χ2n) is 5.40. The van der Waals surface area contributed by atoms with Crippen molar-refractivity contribution in [3.8, 4) is 0 Å². The number of hydrogen-bond acceptors (Lipinski definition) is 2.